The summed E-state index contributed by atoms with van der Waals surface area (Å²) in [6, 6.07) is 10.3. The highest BCUT2D eigenvalue weighted by molar-refractivity contribution is 6.33. The summed E-state index contributed by atoms with van der Waals surface area (Å²) in [5.41, 5.74) is 1.16. The third kappa shape index (κ3) is 5.54. The molecule has 0 radical (unpaired) electrons. The zero-order chi connectivity index (χ0) is 21.4. The van der Waals surface area contributed by atoms with Crippen molar-refractivity contribution in [3.8, 4) is 17.2 Å². The maximum atomic E-state index is 12.5. The van der Waals surface area contributed by atoms with Crippen LogP contribution in [0.2, 0.25) is 5.02 Å². The van der Waals surface area contributed by atoms with E-state index < -0.39 is 0 Å². The molecule has 0 fully saturated rings. The van der Waals surface area contributed by atoms with Crippen LogP contribution >= 0.6 is 11.6 Å². The van der Waals surface area contributed by atoms with E-state index in [1.54, 1.807) is 49.4 Å². The Morgan fingerprint density at radius 1 is 1.00 bits per heavy atom. The molecule has 2 rings (SSSR count). The first kappa shape index (κ1) is 22.4. The minimum Gasteiger partial charge on any atom is -0.493 e. The van der Waals surface area contributed by atoms with Gasteiger partial charge in [0.05, 0.1) is 31.9 Å². The zero-order valence-corrected chi connectivity index (χ0v) is 17.7. The van der Waals surface area contributed by atoms with Crippen LogP contribution in [0.4, 0.5) is 0 Å². The predicted octanol–water partition coefficient (Wildman–Crippen LogP) is 3.14. The van der Waals surface area contributed by atoms with E-state index in [0.29, 0.717) is 34.4 Å². The summed E-state index contributed by atoms with van der Waals surface area (Å²) < 4.78 is 16.1. The quantitative estimate of drug-likeness (QED) is 0.674. The van der Waals surface area contributed by atoms with Crippen LogP contribution in [0.25, 0.3) is 0 Å². The van der Waals surface area contributed by atoms with E-state index in [4.69, 9.17) is 25.8 Å². The highest BCUT2D eigenvalue weighted by Crippen LogP contribution is 2.40. The monoisotopic (exact) mass is 420 g/mol. The molecule has 2 aromatic carbocycles. The highest BCUT2D eigenvalue weighted by atomic mass is 35.5. The molecule has 0 unspecified atom stereocenters. The van der Waals surface area contributed by atoms with Gasteiger partial charge in [-0.1, -0.05) is 23.7 Å². The lowest BCUT2D eigenvalue weighted by atomic mass is 10.1. The van der Waals surface area contributed by atoms with Gasteiger partial charge in [0.15, 0.2) is 11.5 Å². The van der Waals surface area contributed by atoms with Crippen LogP contribution in [0.3, 0.4) is 0 Å². The number of methoxy groups -OCH3 is 3. The molecule has 0 spiro atoms. The number of amides is 2. The molecule has 0 heterocycles. The Kier molecular flexibility index (Phi) is 8.15. The third-order valence-electron chi connectivity index (χ3n) is 4.36. The van der Waals surface area contributed by atoms with E-state index in [-0.39, 0.29) is 24.8 Å². The first-order valence-corrected chi connectivity index (χ1v) is 9.35. The number of nitrogens with zero attached hydrogens (tertiary/aromatic N) is 1. The van der Waals surface area contributed by atoms with E-state index in [1.165, 1.54) is 14.2 Å². The number of nitrogens with one attached hydrogen (secondary N) is 1. The van der Waals surface area contributed by atoms with Crippen LogP contribution in [0.5, 0.6) is 17.2 Å². The van der Waals surface area contributed by atoms with Crippen molar-refractivity contribution in [3.63, 3.8) is 0 Å². The van der Waals surface area contributed by atoms with Crippen LogP contribution in [0.1, 0.15) is 22.3 Å². The van der Waals surface area contributed by atoms with Crippen LogP contribution in [-0.4, -0.2) is 51.6 Å². The summed E-state index contributed by atoms with van der Waals surface area (Å²) in [5.74, 6) is 1.09. The summed E-state index contributed by atoms with van der Waals surface area (Å²) in [4.78, 5) is 26.2. The van der Waals surface area contributed by atoms with Crippen LogP contribution in [0, 0.1) is 0 Å². The number of rotatable bonds is 9. The number of halogens is 1. The maximum Gasteiger partial charge on any atom is 0.252 e. The van der Waals surface area contributed by atoms with E-state index >= 15 is 0 Å². The van der Waals surface area contributed by atoms with Gasteiger partial charge in [-0.3, -0.25) is 9.59 Å². The van der Waals surface area contributed by atoms with Crippen molar-refractivity contribution >= 4 is 23.4 Å². The molecule has 1 N–H and O–H groups in total. The van der Waals surface area contributed by atoms with Crippen molar-refractivity contribution in [2.45, 2.75) is 13.0 Å². The lowest BCUT2D eigenvalue weighted by Crippen LogP contribution is -2.32. The fourth-order valence-corrected chi connectivity index (χ4v) is 3.07. The summed E-state index contributed by atoms with van der Waals surface area (Å²) in [6.07, 6.45) is 0.155. The van der Waals surface area contributed by atoms with E-state index in [9.17, 15) is 9.59 Å². The fraction of sp³-hybridized carbons (Fsp3) is 0.333. The second kappa shape index (κ2) is 10.6. The number of hydrogen-bond donors (Lipinski definition) is 1. The Bertz CT molecular complexity index is 872. The minimum absolute atomic E-state index is 0.124. The summed E-state index contributed by atoms with van der Waals surface area (Å²) in [7, 11) is 6.30. The van der Waals surface area contributed by atoms with Gasteiger partial charge in [0.2, 0.25) is 11.7 Å². The number of hydrogen-bond acceptors (Lipinski definition) is 5. The molecule has 0 aliphatic heterocycles. The molecular formula is C21H25ClN2O5. The van der Waals surface area contributed by atoms with Gasteiger partial charge in [0, 0.05) is 32.1 Å². The summed E-state index contributed by atoms with van der Waals surface area (Å²) >= 11 is 6.01. The van der Waals surface area contributed by atoms with Gasteiger partial charge in [-0.05, 0) is 24.3 Å². The zero-order valence-electron chi connectivity index (χ0n) is 17.0. The SMILES string of the molecule is COc1ccc(CN(C)C(=O)CCNC(=O)c2ccccc2Cl)c(OC)c1OC. The average Bonchev–Trinajstić information content (AvgIpc) is 2.73. The largest absolute Gasteiger partial charge is 0.493 e. The second-order valence-corrected chi connectivity index (χ2v) is 6.64. The van der Waals surface area contributed by atoms with E-state index in [2.05, 4.69) is 5.32 Å². The van der Waals surface area contributed by atoms with Gasteiger partial charge in [0.1, 0.15) is 0 Å². The molecule has 0 saturated carbocycles. The molecule has 0 aromatic heterocycles. The molecule has 2 amide bonds. The number of carbonyl (C=O) groups excluding carboxylic acids is 2. The lowest BCUT2D eigenvalue weighted by Gasteiger charge is -2.21. The number of carbonyl (C=O) groups is 2. The van der Waals surface area contributed by atoms with Crippen molar-refractivity contribution in [1.82, 2.24) is 10.2 Å². The molecule has 29 heavy (non-hydrogen) atoms. The smallest absolute Gasteiger partial charge is 0.252 e. The van der Waals surface area contributed by atoms with Gasteiger partial charge in [-0.25, -0.2) is 0 Å². The van der Waals surface area contributed by atoms with Crippen molar-refractivity contribution in [3.05, 3.63) is 52.5 Å². The Hall–Kier alpha value is -2.93. The Morgan fingerprint density at radius 3 is 2.31 bits per heavy atom. The standard InChI is InChI=1S/C21H25ClN2O5/c1-24(13-14-9-10-17(27-2)20(29-4)19(14)28-3)18(25)11-12-23-21(26)15-7-5-6-8-16(15)22/h5-10H,11-13H2,1-4H3,(H,23,26). The Morgan fingerprint density at radius 2 is 1.69 bits per heavy atom. The fourth-order valence-electron chi connectivity index (χ4n) is 2.85. The molecular weight excluding hydrogens is 396 g/mol. The van der Waals surface area contributed by atoms with Gasteiger partial charge >= 0.3 is 0 Å². The highest BCUT2D eigenvalue weighted by Gasteiger charge is 2.19. The van der Waals surface area contributed by atoms with Crippen molar-refractivity contribution in [1.29, 1.82) is 0 Å². The van der Waals surface area contributed by atoms with Crippen LogP contribution in [0.15, 0.2) is 36.4 Å². The first-order chi connectivity index (χ1) is 13.9. The molecule has 0 saturated heterocycles. The Labute approximate surface area is 175 Å². The molecule has 156 valence electrons. The summed E-state index contributed by atoms with van der Waals surface area (Å²) in [6.45, 7) is 0.525. The second-order valence-electron chi connectivity index (χ2n) is 6.23. The molecule has 0 atom stereocenters. The van der Waals surface area contributed by atoms with Gasteiger partial charge in [-0.2, -0.15) is 0 Å². The van der Waals surface area contributed by atoms with Gasteiger partial charge < -0.3 is 24.4 Å². The number of ether oxygens (including phenoxy) is 3. The van der Waals surface area contributed by atoms with Crippen LogP contribution in [-0.2, 0) is 11.3 Å². The van der Waals surface area contributed by atoms with Crippen LogP contribution < -0.4 is 19.5 Å². The molecule has 0 bridgehead atoms. The molecule has 0 aliphatic carbocycles. The lowest BCUT2D eigenvalue weighted by molar-refractivity contribution is -0.130. The number of benzene rings is 2. The first-order valence-electron chi connectivity index (χ1n) is 8.97. The molecule has 2 aromatic rings. The van der Waals surface area contributed by atoms with Crippen molar-refractivity contribution < 1.29 is 23.8 Å². The van der Waals surface area contributed by atoms with Gasteiger partial charge in [-0.15, -0.1) is 0 Å². The van der Waals surface area contributed by atoms with Gasteiger partial charge in [0.25, 0.3) is 5.91 Å². The van der Waals surface area contributed by atoms with Crippen molar-refractivity contribution in [2.24, 2.45) is 0 Å². The molecule has 0 aliphatic rings. The Balaban J connectivity index is 1.96. The van der Waals surface area contributed by atoms with E-state index in [1.807, 2.05) is 6.07 Å². The minimum atomic E-state index is -0.312. The predicted molar refractivity (Wildman–Crippen MR) is 111 cm³/mol. The van der Waals surface area contributed by atoms with Crippen molar-refractivity contribution in [2.75, 3.05) is 34.9 Å². The summed E-state index contributed by atoms with van der Waals surface area (Å²) in [5, 5.41) is 3.08. The van der Waals surface area contributed by atoms with E-state index in [0.717, 1.165) is 5.56 Å². The maximum absolute atomic E-state index is 12.5. The normalized spacial score (nSPS) is 10.2. The molecule has 7 nitrogen and oxygen atoms in total. The third-order valence-corrected chi connectivity index (χ3v) is 4.69. The average molecular weight is 421 g/mol. The topological polar surface area (TPSA) is 77.1 Å². The molecule has 8 heteroatoms.